The summed E-state index contributed by atoms with van der Waals surface area (Å²) >= 11 is 0.942. The lowest BCUT2D eigenvalue weighted by atomic mass is 10.3. The van der Waals surface area contributed by atoms with Crippen LogP contribution in [0.15, 0.2) is 16.2 Å². The molecule has 0 aliphatic rings. The Hall–Kier alpha value is -2.75. The number of rotatable bonds is 3. The summed E-state index contributed by atoms with van der Waals surface area (Å²) in [5, 5.41) is 30.6. The van der Waals surface area contributed by atoms with Crippen LogP contribution in [0.1, 0.15) is 10.5 Å². The summed E-state index contributed by atoms with van der Waals surface area (Å²) in [6.07, 6.45) is 0. The van der Waals surface area contributed by atoms with E-state index in [1.165, 1.54) is 18.5 Å². The van der Waals surface area contributed by atoms with Gasteiger partial charge < -0.3 is 10.2 Å². The predicted octanol–water partition coefficient (Wildman–Crippen LogP) is 0.821. The normalized spacial score (nSPS) is 10.4. The molecule has 2 heterocycles. The van der Waals surface area contributed by atoms with Crippen LogP contribution in [-0.2, 0) is 7.05 Å². The Balaban J connectivity index is 2.81. The number of thiophene rings is 1. The molecule has 0 radical (unpaired) electrons. The van der Waals surface area contributed by atoms with Crippen molar-refractivity contribution in [1.82, 2.24) is 9.55 Å². The van der Waals surface area contributed by atoms with Crippen molar-refractivity contribution in [1.29, 1.82) is 0 Å². The molecule has 9 nitrogen and oxygen atoms in total. The smallest absolute Gasteiger partial charge is 0.358 e. The first kappa shape index (κ1) is 13.7. The minimum absolute atomic E-state index is 0.0390. The van der Waals surface area contributed by atoms with Crippen LogP contribution in [0, 0.1) is 10.1 Å². The van der Waals surface area contributed by atoms with E-state index in [2.05, 4.69) is 4.98 Å². The minimum atomic E-state index is -1.60. The van der Waals surface area contributed by atoms with Crippen LogP contribution in [0.2, 0.25) is 0 Å². The Morgan fingerprint density at radius 3 is 2.75 bits per heavy atom. The lowest BCUT2D eigenvalue weighted by molar-refractivity contribution is -0.383. The van der Waals surface area contributed by atoms with E-state index < -0.39 is 27.9 Å². The molecule has 0 aliphatic heterocycles. The van der Waals surface area contributed by atoms with Gasteiger partial charge in [0.15, 0.2) is 11.5 Å². The standard InChI is InChI=1S/C10H7N3O6S/c1-12-8(7-4(13(18)19)2-3-20-7)11-5(10(16)17)6(14)9(12)15/h2-3,14H,1H3,(H,16,17). The molecule has 0 amide bonds. The van der Waals surface area contributed by atoms with Crippen LogP contribution in [0.5, 0.6) is 5.75 Å². The fourth-order valence-electron chi connectivity index (χ4n) is 1.56. The fourth-order valence-corrected chi connectivity index (χ4v) is 2.44. The molecule has 0 atom stereocenters. The molecule has 2 rings (SSSR count). The highest BCUT2D eigenvalue weighted by atomic mass is 32.1. The first-order valence-electron chi connectivity index (χ1n) is 5.10. The van der Waals surface area contributed by atoms with Crippen LogP contribution in [0.25, 0.3) is 10.7 Å². The molecule has 0 saturated carbocycles. The first-order valence-corrected chi connectivity index (χ1v) is 5.98. The van der Waals surface area contributed by atoms with Crippen LogP contribution in [0.3, 0.4) is 0 Å². The Labute approximate surface area is 114 Å². The van der Waals surface area contributed by atoms with Crippen molar-refractivity contribution in [3.63, 3.8) is 0 Å². The maximum absolute atomic E-state index is 11.7. The van der Waals surface area contributed by atoms with E-state index in [0.29, 0.717) is 0 Å². The molecular weight excluding hydrogens is 290 g/mol. The van der Waals surface area contributed by atoms with E-state index in [1.807, 2.05) is 0 Å². The second kappa shape index (κ2) is 4.74. The SMILES string of the molecule is Cn1c(-c2sccc2[N+](=O)[O-])nc(C(=O)O)c(O)c1=O. The van der Waals surface area contributed by atoms with Crippen LogP contribution >= 0.6 is 11.3 Å². The topological polar surface area (TPSA) is 136 Å². The highest BCUT2D eigenvalue weighted by molar-refractivity contribution is 7.14. The average Bonchev–Trinajstić information content (AvgIpc) is 2.85. The van der Waals surface area contributed by atoms with E-state index in [0.717, 1.165) is 15.9 Å². The number of aromatic carboxylic acids is 1. The zero-order chi connectivity index (χ0) is 15.0. The molecular formula is C10H7N3O6S. The number of carboxylic acids is 1. The number of hydrogen-bond acceptors (Lipinski definition) is 7. The quantitative estimate of drug-likeness (QED) is 0.632. The van der Waals surface area contributed by atoms with Gasteiger partial charge in [-0.2, -0.15) is 0 Å². The molecule has 0 aromatic carbocycles. The summed E-state index contributed by atoms with van der Waals surface area (Å²) in [4.78, 5) is 36.5. The monoisotopic (exact) mass is 297 g/mol. The molecule has 2 N–H and O–H groups in total. The highest BCUT2D eigenvalue weighted by Crippen LogP contribution is 2.33. The van der Waals surface area contributed by atoms with E-state index in [-0.39, 0.29) is 16.4 Å². The van der Waals surface area contributed by atoms with E-state index in [1.54, 1.807) is 0 Å². The van der Waals surface area contributed by atoms with Crippen molar-refractivity contribution in [2.45, 2.75) is 0 Å². The van der Waals surface area contributed by atoms with Gasteiger partial charge in [-0.15, -0.1) is 11.3 Å². The summed E-state index contributed by atoms with van der Waals surface area (Å²) < 4.78 is 0.862. The Morgan fingerprint density at radius 2 is 2.20 bits per heavy atom. The third-order valence-electron chi connectivity index (χ3n) is 2.51. The molecule has 20 heavy (non-hydrogen) atoms. The van der Waals surface area contributed by atoms with Crippen LogP contribution < -0.4 is 5.56 Å². The number of carbonyl (C=O) groups is 1. The molecule has 0 bridgehead atoms. The summed E-state index contributed by atoms with van der Waals surface area (Å²) in [6, 6.07) is 1.22. The number of hydrogen-bond donors (Lipinski definition) is 2. The molecule has 2 aromatic heterocycles. The average molecular weight is 297 g/mol. The highest BCUT2D eigenvalue weighted by Gasteiger charge is 2.25. The summed E-state index contributed by atoms with van der Waals surface area (Å²) in [7, 11) is 1.24. The maximum Gasteiger partial charge on any atom is 0.358 e. The van der Waals surface area contributed by atoms with Crippen molar-refractivity contribution < 1.29 is 19.9 Å². The van der Waals surface area contributed by atoms with Crippen molar-refractivity contribution in [3.8, 4) is 16.5 Å². The molecule has 10 heteroatoms. The van der Waals surface area contributed by atoms with E-state index >= 15 is 0 Å². The van der Waals surface area contributed by atoms with Gasteiger partial charge in [0.2, 0.25) is 5.75 Å². The number of aromatic hydroxyl groups is 1. The van der Waals surface area contributed by atoms with E-state index in [9.17, 15) is 24.8 Å². The van der Waals surface area contributed by atoms with Crippen LogP contribution in [0.4, 0.5) is 5.69 Å². The van der Waals surface area contributed by atoms with Crippen molar-refractivity contribution in [3.05, 3.63) is 37.6 Å². The summed E-state index contributed by atoms with van der Waals surface area (Å²) in [5.74, 6) is -2.80. The van der Waals surface area contributed by atoms with Gasteiger partial charge >= 0.3 is 5.97 Å². The molecule has 0 saturated heterocycles. The summed E-state index contributed by atoms with van der Waals surface area (Å²) in [6.45, 7) is 0. The third-order valence-corrected chi connectivity index (χ3v) is 3.41. The fraction of sp³-hybridized carbons (Fsp3) is 0.100. The number of aromatic nitrogens is 2. The van der Waals surface area contributed by atoms with Gasteiger partial charge in [-0.1, -0.05) is 0 Å². The molecule has 0 fully saturated rings. The summed E-state index contributed by atoms with van der Waals surface area (Å²) in [5.41, 5.74) is -2.12. The molecule has 0 aliphatic carbocycles. The van der Waals surface area contributed by atoms with Gasteiger partial charge in [-0.3, -0.25) is 19.5 Å². The number of nitro groups is 1. The second-order valence-corrected chi connectivity index (χ2v) is 4.61. The van der Waals surface area contributed by atoms with Gasteiger partial charge in [0.05, 0.1) is 4.92 Å². The zero-order valence-electron chi connectivity index (χ0n) is 9.93. The first-order chi connectivity index (χ1) is 9.34. The Morgan fingerprint density at radius 1 is 1.55 bits per heavy atom. The van der Waals surface area contributed by atoms with Crippen LogP contribution in [-0.4, -0.2) is 30.7 Å². The molecule has 0 unspecified atom stereocenters. The van der Waals surface area contributed by atoms with Gasteiger partial charge in [-0.25, -0.2) is 9.78 Å². The minimum Gasteiger partial charge on any atom is -0.501 e. The molecule has 2 aromatic rings. The van der Waals surface area contributed by atoms with Gasteiger partial charge in [0.25, 0.3) is 11.2 Å². The van der Waals surface area contributed by atoms with E-state index in [4.69, 9.17) is 5.11 Å². The maximum atomic E-state index is 11.7. The zero-order valence-corrected chi connectivity index (χ0v) is 10.7. The Kier molecular flexibility index (Phi) is 3.24. The van der Waals surface area contributed by atoms with Crippen molar-refractivity contribution >= 4 is 23.0 Å². The van der Waals surface area contributed by atoms with Gasteiger partial charge in [0.1, 0.15) is 4.88 Å². The number of carboxylic acid groups (broad SMARTS) is 1. The van der Waals surface area contributed by atoms with Crippen molar-refractivity contribution in [2.24, 2.45) is 7.05 Å². The third kappa shape index (κ3) is 2.01. The van der Waals surface area contributed by atoms with Crippen molar-refractivity contribution in [2.75, 3.05) is 0 Å². The molecule has 0 spiro atoms. The lowest BCUT2D eigenvalue weighted by Crippen LogP contribution is -2.23. The van der Waals surface area contributed by atoms with Gasteiger partial charge in [0, 0.05) is 13.1 Å². The Bertz CT molecular complexity index is 778. The van der Waals surface area contributed by atoms with Gasteiger partial charge in [-0.05, 0) is 5.38 Å². The largest absolute Gasteiger partial charge is 0.501 e. The number of nitrogens with zero attached hydrogens (tertiary/aromatic N) is 3. The second-order valence-electron chi connectivity index (χ2n) is 3.69. The molecule has 104 valence electrons. The lowest BCUT2D eigenvalue weighted by Gasteiger charge is -2.07. The predicted molar refractivity (Wildman–Crippen MR) is 68.1 cm³/mol.